The Morgan fingerprint density at radius 2 is 2.12 bits per heavy atom. The molecule has 2 aliphatic heterocycles. The summed E-state index contributed by atoms with van der Waals surface area (Å²) in [4.78, 5) is 11.7. The number of hydrogen-bond donors (Lipinski definition) is 0. The molecule has 0 unspecified atom stereocenters. The van der Waals surface area contributed by atoms with Gasteiger partial charge in [0.05, 0.1) is 11.7 Å². The van der Waals surface area contributed by atoms with Crippen LogP contribution >= 0.6 is 0 Å². The summed E-state index contributed by atoms with van der Waals surface area (Å²) in [6.45, 7) is 7.17. The number of aryl methyl sites for hydroxylation is 2. The Kier molecular flexibility index (Phi) is 2.11. The predicted molar refractivity (Wildman–Crippen MR) is 68.0 cm³/mol. The molecule has 0 saturated heterocycles. The number of aromatic nitrogens is 2. The normalized spacial score (nSPS) is 22.1. The third kappa shape index (κ3) is 1.34. The first-order valence-electron chi connectivity index (χ1n) is 6.06. The lowest BCUT2D eigenvalue weighted by Gasteiger charge is -2.24. The van der Waals surface area contributed by atoms with Gasteiger partial charge in [-0.15, -0.1) is 0 Å². The van der Waals surface area contributed by atoms with Crippen molar-refractivity contribution in [3.63, 3.8) is 0 Å². The molecule has 1 atom stereocenters. The monoisotopic (exact) mass is 231 g/mol. The summed E-state index contributed by atoms with van der Waals surface area (Å²) in [7, 11) is 1.96. The lowest BCUT2D eigenvalue weighted by Crippen LogP contribution is -2.37. The summed E-state index contributed by atoms with van der Waals surface area (Å²) in [5.74, 6) is 2.07. The van der Waals surface area contributed by atoms with E-state index in [2.05, 4.69) is 21.9 Å². The van der Waals surface area contributed by atoms with Gasteiger partial charge in [0, 0.05) is 13.6 Å². The molecular formula is C12H17N5. The van der Waals surface area contributed by atoms with Crippen LogP contribution in [0.3, 0.4) is 0 Å². The number of fused-ring (bicyclic) bond motifs is 3. The lowest BCUT2D eigenvalue weighted by atomic mass is 10.2. The molecule has 2 aliphatic rings. The molecule has 3 heterocycles. The van der Waals surface area contributed by atoms with Crippen LogP contribution < -0.4 is 0 Å². The first-order valence-corrected chi connectivity index (χ1v) is 6.06. The van der Waals surface area contributed by atoms with Gasteiger partial charge in [-0.05, 0) is 20.3 Å². The molecule has 3 rings (SSSR count). The third-order valence-electron chi connectivity index (χ3n) is 3.49. The molecule has 0 amide bonds. The summed E-state index contributed by atoms with van der Waals surface area (Å²) in [6.07, 6.45) is 1.07. The Labute approximate surface area is 101 Å². The Morgan fingerprint density at radius 1 is 1.35 bits per heavy atom. The maximum absolute atomic E-state index is 4.80. The van der Waals surface area contributed by atoms with Crippen LogP contribution in [0.15, 0.2) is 9.98 Å². The van der Waals surface area contributed by atoms with E-state index in [1.165, 1.54) is 0 Å². The molecule has 0 saturated carbocycles. The zero-order chi connectivity index (χ0) is 12.2. The van der Waals surface area contributed by atoms with Gasteiger partial charge < -0.3 is 4.90 Å². The molecule has 90 valence electrons. The third-order valence-corrected chi connectivity index (χ3v) is 3.49. The summed E-state index contributed by atoms with van der Waals surface area (Å²) in [6, 6.07) is 0.385. The van der Waals surface area contributed by atoms with Gasteiger partial charge in [-0.1, -0.05) is 6.92 Å². The fourth-order valence-electron chi connectivity index (χ4n) is 2.53. The van der Waals surface area contributed by atoms with Gasteiger partial charge in [0.1, 0.15) is 17.2 Å². The van der Waals surface area contributed by atoms with E-state index in [0.29, 0.717) is 6.04 Å². The second-order valence-corrected chi connectivity index (χ2v) is 4.69. The minimum atomic E-state index is 0.385. The highest BCUT2D eigenvalue weighted by Crippen LogP contribution is 2.32. The molecule has 0 N–H and O–H groups in total. The lowest BCUT2D eigenvalue weighted by molar-refractivity contribution is 0.555. The molecular weight excluding hydrogens is 214 g/mol. The van der Waals surface area contributed by atoms with E-state index in [1.807, 2.05) is 25.6 Å². The van der Waals surface area contributed by atoms with Gasteiger partial charge in [0.15, 0.2) is 5.84 Å². The molecule has 0 fully saturated rings. The van der Waals surface area contributed by atoms with Crippen LogP contribution in [0.5, 0.6) is 0 Å². The number of nitrogens with zero attached hydrogens (tertiary/aromatic N) is 5. The topological polar surface area (TPSA) is 45.8 Å². The van der Waals surface area contributed by atoms with Gasteiger partial charge in [-0.3, -0.25) is 9.67 Å². The molecule has 0 bridgehead atoms. The summed E-state index contributed by atoms with van der Waals surface area (Å²) >= 11 is 0. The van der Waals surface area contributed by atoms with Gasteiger partial charge in [0.2, 0.25) is 0 Å². The Hall–Kier alpha value is -1.65. The van der Waals surface area contributed by atoms with Crippen molar-refractivity contribution in [2.24, 2.45) is 17.0 Å². The predicted octanol–water partition coefficient (Wildman–Crippen LogP) is 1.63. The molecule has 1 aromatic heterocycles. The Bertz CT molecular complexity index is 537. The van der Waals surface area contributed by atoms with Crippen molar-refractivity contribution in [2.75, 3.05) is 6.54 Å². The van der Waals surface area contributed by atoms with E-state index in [-0.39, 0.29) is 0 Å². The van der Waals surface area contributed by atoms with E-state index in [1.54, 1.807) is 0 Å². The molecule has 0 radical (unpaired) electrons. The summed E-state index contributed by atoms with van der Waals surface area (Å²) in [5.41, 5.74) is 3.02. The Balaban J connectivity index is 2.20. The minimum absolute atomic E-state index is 0.385. The van der Waals surface area contributed by atoms with Crippen molar-refractivity contribution in [3.05, 3.63) is 11.4 Å². The van der Waals surface area contributed by atoms with Crippen molar-refractivity contribution in [1.29, 1.82) is 0 Å². The van der Waals surface area contributed by atoms with Gasteiger partial charge in [-0.25, -0.2) is 4.99 Å². The largest absolute Gasteiger partial charge is 0.311 e. The Morgan fingerprint density at radius 3 is 2.82 bits per heavy atom. The summed E-state index contributed by atoms with van der Waals surface area (Å²) < 4.78 is 1.89. The van der Waals surface area contributed by atoms with Crippen molar-refractivity contribution in [1.82, 2.24) is 14.7 Å². The second-order valence-electron chi connectivity index (χ2n) is 4.69. The number of rotatable bonds is 1. The van der Waals surface area contributed by atoms with Gasteiger partial charge in [0.25, 0.3) is 0 Å². The van der Waals surface area contributed by atoms with Crippen LogP contribution in [0.2, 0.25) is 0 Å². The van der Waals surface area contributed by atoms with Crippen molar-refractivity contribution >= 4 is 17.4 Å². The molecule has 17 heavy (non-hydrogen) atoms. The molecule has 0 spiro atoms. The maximum atomic E-state index is 4.80. The minimum Gasteiger partial charge on any atom is -0.311 e. The molecule has 5 nitrogen and oxygen atoms in total. The quantitative estimate of drug-likeness (QED) is 0.737. The average Bonchev–Trinajstić information content (AvgIpc) is 2.82. The van der Waals surface area contributed by atoms with E-state index >= 15 is 0 Å². The van der Waals surface area contributed by atoms with Crippen LogP contribution in [0.4, 0.5) is 5.69 Å². The number of amidine groups is 2. The van der Waals surface area contributed by atoms with Crippen molar-refractivity contribution in [2.45, 2.75) is 33.2 Å². The van der Waals surface area contributed by atoms with Gasteiger partial charge >= 0.3 is 0 Å². The van der Waals surface area contributed by atoms with Crippen LogP contribution in [-0.4, -0.2) is 38.9 Å². The van der Waals surface area contributed by atoms with Crippen molar-refractivity contribution in [3.8, 4) is 0 Å². The highest BCUT2D eigenvalue weighted by atomic mass is 15.4. The van der Waals surface area contributed by atoms with Crippen LogP contribution in [0.25, 0.3) is 0 Å². The molecule has 5 heteroatoms. The molecule has 0 aromatic carbocycles. The van der Waals surface area contributed by atoms with Crippen LogP contribution in [0.1, 0.15) is 31.7 Å². The molecule has 1 aromatic rings. The van der Waals surface area contributed by atoms with E-state index in [0.717, 1.165) is 41.7 Å². The van der Waals surface area contributed by atoms with E-state index in [4.69, 9.17) is 4.99 Å². The average molecular weight is 231 g/mol. The van der Waals surface area contributed by atoms with E-state index < -0.39 is 0 Å². The molecule has 0 aliphatic carbocycles. The maximum Gasteiger partial charge on any atom is 0.157 e. The fraction of sp³-hybridized carbons (Fsp3) is 0.583. The summed E-state index contributed by atoms with van der Waals surface area (Å²) in [5, 5.41) is 4.44. The second kappa shape index (κ2) is 3.42. The number of hydrogen-bond acceptors (Lipinski definition) is 4. The van der Waals surface area contributed by atoms with Crippen molar-refractivity contribution < 1.29 is 0 Å². The highest BCUT2D eigenvalue weighted by Gasteiger charge is 2.34. The smallest absolute Gasteiger partial charge is 0.157 e. The zero-order valence-electron chi connectivity index (χ0n) is 10.7. The zero-order valence-corrected chi connectivity index (χ0v) is 10.7. The van der Waals surface area contributed by atoms with Crippen LogP contribution in [-0.2, 0) is 7.05 Å². The fourth-order valence-corrected chi connectivity index (χ4v) is 2.53. The highest BCUT2D eigenvalue weighted by molar-refractivity contribution is 6.15. The number of aliphatic imine (C=N–C) groups is 2. The van der Waals surface area contributed by atoms with Crippen LogP contribution in [0, 0.1) is 6.92 Å². The van der Waals surface area contributed by atoms with E-state index in [9.17, 15) is 0 Å². The van der Waals surface area contributed by atoms with Gasteiger partial charge in [-0.2, -0.15) is 5.10 Å². The SMILES string of the molecule is CC[C@@H]1CN2C(C)=Nc3c(C)nn(C)c3C2=N1. The standard InChI is InChI=1S/C12H17N5/c1-5-9-6-17-8(3)13-10-7(2)15-16(4)11(10)12(17)14-9/h9H,5-6H2,1-4H3/t9-/m1/s1. The first kappa shape index (κ1) is 10.5. The first-order chi connectivity index (χ1) is 8.11.